The lowest BCUT2D eigenvalue weighted by Crippen LogP contribution is -2.64. The van der Waals surface area contributed by atoms with Gasteiger partial charge in [0.1, 0.15) is 11.4 Å². The summed E-state index contributed by atoms with van der Waals surface area (Å²) in [5.41, 5.74) is 0.112. The van der Waals surface area contributed by atoms with E-state index in [2.05, 4.69) is 35.8 Å². The minimum absolute atomic E-state index is 0.168. The lowest BCUT2D eigenvalue weighted by Gasteiger charge is -2.63. The highest BCUT2D eigenvalue weighted by molar-refractivity contribution is 5.32. The van der Waals surface area contributed by atoms with Gasteiger partial charge >= 0.3 is 0 Å². The number of hydrogen-bond acceptors (Lipinski definition) is 6. The highest BCUT2D eigenvalue weighted by Crippen LogP contribution is 2.72. The highest BCUT2D eigenvalue weighted by atomic mass is 16.5. The van der Waals surface area contributed by atoms with Gasteiger partial charge in [-0.25, -0.2) is 0 Å². The Morgan fingerprint density at radius 3 is 2.32 bits per heavy atom. The fraction of sp³-hybridized carbons (Fsp3) is 0.829. The molecule has 228 valence electrons. The molecule has 2 unspecified atom stereocenters. The molecule has 2 saturated heterocycles. The lowest BCUT2D eigenvalue weighted by atomic mass is 9.44. The van der Waals surface area contributed by atoms with E-state index < -0.39 is 11.2 Å². The van der Waals surface area contributed by atoms with Crippen molar-refractivity contribution < 1.29 is 19.0 Å². The Hall–Kier alpha value is -1.18. The fourth-order valence-corrected chi connectivity index (χ4v) is 10.7. The Bertz CT molecular complexity index is 1080. The summed E-state index contributed by atoms with van der Waals surface area (Å²) in [5, 5.41) is 12.9. The molecule has 6 heteroatoms. The summed E-state index contributed by atoms with van der Waals surface area (Å²) in [5.74, 6) is 1.74. The van der Waals surface area contributed by atoms with Gasteiger partial charge in [-0.1, -0.05) is 25.5 Å². The van der Waals surface area contributed by atoms with Crippen molar-refractivity contribution in [3.8, 4) is 0 Å². The van der Waals surface area contributed by atoms with E-state index in [1.807, 2.05) is 6.07 Å². The van der Waals surface area contributed by atoms with Gasteiger partial charge in [0.15, 0.2) is 0 Å². The lowest BCUT2D eigenvalue weighted by molar-refractivity contribution is -0.240. The third kappa shape index (κ3) is 4.61. The Morgan fingerprint density at radius 2 is 1.61 bits per heavy atom. The van der Waals surface area contributed by atoms with Gasteiger partial charge in [0.05, 0.1) is 31.2 Å². The van der Waals surface area contributed by atoms with Crippen LogP contribution in [0.1, 0.15) is 96.7 Å². The standard InChI is InChI=1S/C35H54N2O4/c1-32-13-11-28(39-24-21-36-17-3-4-18-36)26-27(32)9-10-30-29(32)12-14-33(2)34(30,38)15-16-35(33,31-8-7-23-40-31)41-25-22-37-19-5-6-20-37/h7-8,23,26,28-30,38H,3-6,9-22,24-25H2,1-2H3/t28?,29-,30-,32+,33+,34-,35?/m1/s1. The van der Waals surface area contributed by atoms with Crippen molar-refractivity contribution in [3.05, 3.63) is 35.8 Å². The molecule has 0 spiro atoms. The SMILES string of the molecule is C[C@]12CCC(OCCN3CCCC3)C=C1CC[C@@H]1[C@H]2CC[C@]2(C)C(OCCN3CCCC3)(c3ccco3)CC[C@@]12O. The first-order chi connectivity index (χ1) is 19.9. The number of furan rings is 1. The third-order valence-corrected chi connectivity index (χ3v) is 13.2. The van der Waals surface area contributed by atoms with Gasteiger partial charge in [-0.05, 0) is 133 Å². The molecule has 6 nitrogen and oxygen atoms in total. The summed E-state index contributed by atoms with van der Waals surface area (Å²) >= 11 is 0. The maximum Gasteiger partial charge on any atom is 0.136 e. The Kier molecular flexibility index (Phi) is 7.72. The van der Waals surface area contributed by atoms with E-state index in [1.165, 1.54) is 58.3 Å². The topological polar surface area (TPSA) is 58.3 Å². The second-order valence-corrected chi connectivity index (χ2v) is 14.9. The number of ether oxygens (including phenoxy) is 2. The van der Waals surface area contributed by atoms with E-state index >= 15 is 0 Å². The van der Waals surface area contributed by atoms with Crippen LogP contribution in [0, 0.1) is 22.7 Å². The van der Waals surface area contributed by atoms with Crippen LogP contribution in [0.2, 0.25) is 0 Å². The zero-order valence-electron chi connectivity index (χ0n) is 25.7. The molecule has 0 aromatic carbocycles. The molecule has 3 heterocycles. The molecule has 0 bridgehead atoms. The van der Waals surface area contributed by atoms with E-state index in [-0.39, 0.29) is 16.9 Å². The summed E-state index contributed by atoms with van der Waals surface area (Å²) in [6.45, 7) is 13.3. The van der Waals surface area contributed by atoms with Gasteiger partial charge in [-0.2, -0.15) is 0 Å². The normalized spacial score (nSPS) is 43.1. The third-order valence-electron chi connectivity index (χ3n) is 13.2. The van der Waals surface area contributed by atoms with E-state index in [9.17, 15) is 5.11 Å². The Labute approximate surface area is 247 Å². The molecule has 1 N–H and O–H groups in total. The number of aliphatic hydroxyl groups is 1. The minimum Gasteiger partial charge on any atom is -0.466 e. The largest absolute Gasteiger partial charge is 0.466 e. The smallest absolute Gasteiger partial charge is 0.136 e. The van der Waals surface area contributed by atoms with E-state index in [4.69, 9.17) is 13.9 Å². The predicted octanol–water partition coefficient (Wildman–Crippen LogP) is 6.15. The van der Waals surface area contributed by atoms with Crippen molar-refractivity contribution in [2.45, 2.75) is 108 Å². The van der Waals surface area contributed by atoms with Crippen LogP contribution in [0.3, 0.4) is 0 Å². The molecule has 0 amide bonds. The zero-order chi connectivity index (χ0) is 28.1. The van der Waals surface area contributed by atoms with Crippen molar-refractivity contribution in [1.29, 1.82) is 0 Å². The van der Waals surface area contributed by atoms with Crippen molar-refractivity contribution in [3.63, 3.8) is 0 Å². The molecular formula is C35H54N2O4. The number of rotatable bonds is 9. The maximum atomic E-state index is 12.9. The molecule has 1 aromatic heterocycles. The molecule has 6 aliphatic rings. The quantitative estimate of drug-likeness (QED) is 0.362. The number of fused-ring (bicyclic) bond motifs is 5. The molecule has 0 radical (unpaired) electrons. The van der Waals surface area contributed by atoms with E-state index in [1.54, 1.807) is 11.8 Å². The predicted molar refractivity (Wildman–Crippen MR) is 161 cm³/mol. The summed E-state index contributed by atoms with van der Waals surface area (Å²) in [7, 11) is 0. The number of nitrogens with zero attached hydrogens (tertiary/aromatic N) is 2. The first-order valence-corrected chi connectivity index (χ1v) is 17.1. The van der Waals surface area contributed by atoms with Crippen LogP contribution in [0.5, 0.6) is 0 Å². The summed E-state index contributed by atoms with van der Waals surface area (Å²) in [4.78, 5) is 5.07. The van der Waals surface area contributed by atoms with Crippen LogP contribution in [0.4, 0.5) is 0 Å². The van der Waals surface area contributed by atoms with E-state index in [0.717, 1.165) is 70.4 Å². The average molecular weight is 567 g/mol. The summed E-state index contributed by atoms with van der Waals surface area (Å²) in [6.07, 6.45) is 18.0. The van der Waals surface area contributed by atoms with Crippen molar-refractivity contribution in [2.75, 3.05) is 52.5 Å². The van der Waals surface area contributed by atoms with Gasteiger partial charge < -0.3 is 28.8 Å². The second-order valence-electron chi connectivity index (χ2n) is 14.9. The minimum atomic E-state index is -0.742. The molecule has 7 rings (SSSR count). The van der Waals surface area contributed by atoms with Crippen LogP contribution in [0.25, 0.3) is 0 Å². The first-order valence-electron chi connectivity index (χ1n) is 17.1. The first kappa shape index (κ1) is 28.6. The monoisotopic (exact) mass is 566 g/mol. The van der Waals surface area contributed by atoms with Crippen LogP contribution >= 0.6 is 0 Å². The summed E-state index contributed by atoms with van der Waals surface area (Å²) < 4.78 is 19.6. The van der Waals surface area contributed by atoms with Crippen LogP contribution < -0.4 is 0 Å². The molecule has 1 aromatic rings. The molecule has 3 saturated carbocycles. The molecular weight excluding hydrogens is 512 g/mol. The molecule has 2 aliphatic heterocycles. The van der Waals surface area contributed by atoms with Gasteiger partial charge in [0, 0.05) is 18.5 Å². The Morgan fingerprint density at radius 1 is 0.878 bits per heavy atom. The maximum absolute atomic E-state index is 12.9. The van der Waals surface area contributed by atoms with Crippen LogP contribution in [-0.2, 0) is 15.1 Å². The second kappa shape index (κ2) is 11.1. The number of allylic oxidation sites excluding steroid dienone is 1. The van der Waals surface area contributed by atoms with Gasteiger partial charge in [0.2, 0.25) is 0 Å². The average Bonchev–Trinajstić information content (AvgIpc) is 3.79. The van der Waals surface area contributed by atoms with Crippen LogP contribution in [-0.4, -0.2) is 79.1 Å². The molecule has 5 fully saturated rings. The van der Waals surface area contributed by atoms with Crippen molar-refractivity contribution in [1.82, 2.24) is 9.80 Å². The zero-order valence-corrected chi connectivity index (χ0v) is 25.7. The fourth-order valence-electron chi connectivity index (χ4n) is 10.7. The van der Waals surface area contributed by atoms with Gasteiger partial charge in [-0.15, -0.1) is 0 Å². The van der Waals surface area contributed by atoms with Crippen LogP contribution in [0.15, 0.2) is 34.5 Å². The summed E-state index contributed by atoms with van der Waals surface area (Å²) in [6, 6.07) is 4.10. The molecule has 4 aliphatic carbocycles. The number of likely N-dealkylation sites (tertiary alicyclic amines) is 2. The Balaban J connectivity index is 1.09. The molecule has 7 atom stereocenters. The van der Waals surface area contributed by atoms with Gasteiger partial charge in [0.25, 0.3) is 0 Å². The van der Waals surface area contributed by atoms with Gasteiger partial charge in [-0.3, -0.25) is 0 Å². The van der Waals surface area contributed by atoms with Crippen molar-refractivity contribution in [2.24, 2.45) is 22.7 Å². The van der Waals surface area contributed by atoms with Crippen molar-refractivity contribution >= 4 is 0 Å². The number of hydrogen-bond donors (Lipinski definition) is 1. The van der Waals surface area contributed by atoms with E-state index in [0.29, 0.717) is 18.4 Å². The highest BCUT2D eigenvalue weighted by Gasteiger charge is 2.73. The molecule has 41 heavy (non-hydrogen) atoms.